The highest BCUT2D eigenvalue weighted by Gasteiger charge is 2.35. The van der Waals surface area contributed by atoms with Crippen LogP contribution in [-0.2, 0) is 11.0 Å². The molecule has 0 heterocycles. The van der Waals surface area contributed by atoms with E-state index in [0.29, 0.717) is 6.07 Å². The lowest BCUT2D eigenvalue weighted by atomic mass is 9.97. The Labute approximate surface area is 114 Å². The molecule has 1 N–H and O–H groups in total. The number of hydrogen-bond acceptors (Lipinski definition) is 5. The number of halogens is 3. The van der Waals surface area contributed by atoms with Crippen LogP contribution in [0.1, 0.15) is 15.9 Å². The van der Waals surface area contributed by atoms with E-state index in [1.165, 1.54) is 0 Å². The van der Waals surface area contributed by atoms with Gasteiger partial charge in [-0.3, -0.25) is 19.7 Å². The third-order valence-corrected chi connectivity index (χ3v) is 2.38. The summed E-state index contributed by atoms with van der Waals surface area (Å²) in [5.74, 6) is -5.56. The van der Waals surface area contributed by atoms with Gasteiger partial charge in [0, 0.05) is 17.7 Å². The molecule has 0 amide bonds. The number of carboxylic acids is 1. The van der Waals surface area contributed by atoms with E-state index >= 15 is 0 Å². The SMILES string of the molecule is N#CC(C(=O)O)C(=O)c1cc([N+](=O)[O-])cc(C(F)(F)F)c1. The lowest BCUT2D eigenvalue weighted by Crippen LogP contribution is -2.23. The predicted molar refractivity (Wildman–Crippen MR) is 59.2 cm³/mol. The fourth-order valence-corrected chi connectivity index (χ4v) is 1.42. The van der Waals surface area contributed by atoms with Crippen molar-refractivity contribution >= 4 is 17.4 Å². The van der Waals surface area contributed by atoms with Crippen molar-refractivity contribution in [1.82, 2.24) is 0 Å². The Kier molecular flexibility index (Phi) is 4.27. The number of nitriles is 1. The average Bonchev–Trinajstić information content (AvgIpc) is 2.37. The summed E-state index contributed by atoms with van der Waals surface area (Å²) in [4.78, 5) is 31.7. The normalized spacial score (nSPS) is 12.3. The van der Waals surface area contributed by atoms with Crippen molar-refractivity contribution in [1.29, 1.82) is 5.26 Å². The molecule has 0 aliphatic carbocycles. The zero-order valence-electron chi connectivity index (χ0n) is 9.92. The number of alkyl halides is 3. The predicted octanol–water partition coefficient (Wildman–Crippen LogP) is 2.02. The largest absolute Gasteiger partial charge is 0.480 e. The number of aliphatic carboxylic acids is 1. The van der Waals surface area contributed by atoms with Gasteiger partial charge in [0.25, 0.3) is 5.69 Å². The van der Waals surface area contributed by atoms with Gasteiger partial charge in [0.1, 0.15) is 0 Å². The number of benzene rings is 1. The number of non-ortho nitro benzene ring substituents is 1. The fraction of sp³-hybridized carbons (Fsp3) is 0.182. The van der Waals surface area contributed by atoms with Crippen molar-refractivity contribution in [2.75, 3.05) is 0 Å². The van der Waals surface area contributed by atoms with Crippen molar-refractivity contribution < 1.29 is 32.8 Å². The fourth-order valence-electron chi connectivity index (χ4n) is 1.42. The zero-order chi connectivity index (χ0) is 16.4. The third-order valence-electron chi connectivity index (χ3n) is 2.38. The first-order valence-corrected chi connectivity index (χ1v) is 5.11. The summed E-state index contributed by atoms with van der Waals surface area (Å²) in [6, 6.07) is 2.07. The molecular weight excluding hydrogens is 297 g/mol. The third kappa shape index (κ3) is 3.53. The van der Waals surface area contributed by atoms with Gasteiger partial charge in [0.2, 0.25) is 5.92 Å². The van der Waals surface area contributed by atoms with Gasteiger partial charge in [-0.25, -0.2) is 0 Å². The van der Waals surface area contributed by atoms with Crippen LogP contribution in [0.2, 0.25) is 0 Å². The van der Waals surface area contributed by atoms with Crippen LogP contribution in [0, 0.1) is 27.4 Å². The molecule has 0 saturated heterocycles. The zero-order valence-corrected chi connectivity index (χ0v) is 9.92. The summed E-state index contributed by atoms with van der Waals surface area (Å²) >= 11 is 0. The number of carbonyl (C=O) groups excluding carboxylic acids is 1. The van der Waals surface area contributed by atoms with E-state index in [9.17, 15) is 32.9 Å². The highest BCUT2D eigenvalue weighted by atomic mass is 19.4. The second-order valence-corrected chi connectivity index (χ2v) is 3.79. The standard InChI is InChI=1S/C11H5F3N2O5/c12-11(13,14)6-1-5(2-7(3-6)16(20)21)9(17)8(4-15)10(18)19/h1-3,8H,(H,18,19). The van der Waals surface area contributed by atoms with E-state index in [4.69, 9.17) is 10.4 Å². The van der Waals surface area contributed by atoms with Gasteiger partial charge in [0.15, 0.2) is 5.78 Å². The Morgan fingerprint density at radius 2 is 1.90 bits per heavy atom. The van der Waals surface area contributed by atoms with Gasteiger partial charge < -0.3 is 5.11 Å². The molecular formula is C11H5F3N2O5. The molecule has 0 bridgehead atoms. The molecule has 1 aromatic carbocycles. The molecule has 7 nitrogen and oxygen atoms in total. The van der Waals surface area contributed by atoms with Crippen molar-refractivity contribution in [3.63, 3.8) is 0 Å². The van der Waals surface area contributed by atoms with Crippen molar-refractivity contribution in [3.05, 3.63) is 39.4 Å². The first kappa shape index (κ1) is 16.1. The Morgan fingerprint density at radius 3 is 2.29 bits per heavy atom. The minimum atomic E-state index is -4.97. The van der Waals surface area contributed by atoms with E-state index < -0.39 is 45.6 Å². The van der Waals surface area contributed by atoms with E-state index in [-0.39, 0.29) is 12.1 Å². The van der Waals surface area contributed by atoms with Crippen molar-refractivity contribution in [3.8, 4) is 6.07 Å². The monoisotopic (exact) mass is 302 g/mol. The summed E-state index contributed by atoms with van der Waals surface area (Å²) in [5.41, 5.74) is -3.39. The van der Waals surface area contributed by atoms with Crippen LogP contribution in [0.25, 0.3) is 0 Å². The number of Topliss-reactive ketones (excluding diaryl/α,β-unsaturated/α-hetero) is 1. The molecule has 10 heteroatoms. The number of nitro groups is 1. The topological polar surface area (TPSA) is 121 Å². The van der Waals surface area contributed by atoms with Crippen LogP contribution < -0.4 is 0 Å². The molecule has 110 valence electrons. The van der Waals surface area contributed by atoms with E-state index in [1.54, 1.807) is 0 Å². The molecule has 0 fully saturated rings. The van der Waals surface area contributed by atoms with Gasteiger partial charge in [-0.1, -0.05) is 0 Å². The summed E-state index contributed by atoms with van der Waals surface area (Å²) in [5, 5.41) is 27.7. The van der Waals surface area contributed by atoms with Gasteiger partial charge in [-0.2, -0.15) is 18.4 Å². The number of rotatable bonds is 4. The van der Waals surface area contributed by atoms with Gasteiger partial charge >= 0.3 is 12.1 Å². The molecule has 0 saturated carbocycles. The molecule has 1 unspecified atom stereocenters. The molecule has 21 heavy (non-hydrogen) atoms. The highest BCUT2D eigenvalue weighted by molar-refractivity contribution is 6.10. The Hall–Kier alpha value is -2.96. The lowest BCUT2D eigenvalue weighted by Gasteiger charge is -2.09. The molecule has 1 atom stereocenters. The van der Waals surface area contributed by atoms with Gasteiger partial charge in [-0.15, -0.1) is 0 Å². The summed E-state index contributed by atoms with van der Waals surface area (Å²) in [7, 11) is 0. The maximum absolute atomic E-state index is 12.6. The van der Waals surface area contributed by atoms with Gasteiger partial charge in [0.05, 0.1) is 16.6 Å². The van der Waals surface area contributed by atoms with Crippen LogP contribution >= 0.6 is 0 Å². The van der Waals surface area contributed by atoms with Crippen LogP contribution in [-0.4, -0.2) is 21.8 Å². The Balaban J connectivity index is 3.46. The summed E-state index contributed by atoms with van der Waals surface area (Å²) in [6.07, 6.45) is -4.97. The average molecular weight is 302 g/mol. The van der Waals surface area contributed by atoms with Gasteiger partial charge in [-0.05, 0) is 6.07 Å². The Morgan fingerprint density at radius 1 is 1.33 bits per heavy atom. The van der Waals surface area contributed by atoms with E-state index in [0.717, 1.165) is 6.07 Å². The van der Waals surface area contributed by atoms with Crippen LogP contribution in [0.15, 0.2) is 18.2 Å². The first-order chi connectivity index (χ1) is 9.57. The smallest absolute Gasteiger partial charge is 0.416 e. The van der Waals surface area contributed by atoms with Crippen LogP contribution in [0.3, 0.4) is 0 Å². The second-order valence-electron chi connectivity index (χ2n) is 3.79. The van der Waals surface area contributed by atoms with Crippen molar-refractivity contribution in [2.45, 2.75) is 6.18 Å². The maximum atomic E-state index is 12.6. The first-order valence-electron chi connectivity index (χ1n) is 5.11. The number of nitrogens with zero attached hydrogens (tertiary/aromatic N) is 2. The van der Waals surface area contributed by atoms with Crippen LogP contribution in [0.4, 0.5) is 18.9 Å². The summed E-state index contributed by atoms with van der Waals surface area (Å²) < 4.78 is 37.8. The molecule has 0 aliphatic heterocycles. The lowest BCUT2D eigenvalue weighted by molar-refractivity contribution is -0.385. The maximum Gasteiger partial charge on any atom is 0.416 e. The van der Waals surface area contributed by atoms with E-state index in [1.807, 2.05) is 0 Å². The number of nitro benzene ring substituents is 1. The minimum Gasteiger partial charge on any atom is -0.480 e. The molecule has 1 rings (SSSR count). The highest BCUT2D eigenvalue weighted by Crippen LogP contribution is 2.33. The number of carboxylic acid groups (broad SMARTS) is 1. The molecule has 1 aromatic rings. The molecule has 0 aliphatic rings. The minimum absolute atomic E-state index is 0.207. The van der Waals surface area contributed by atoms with Crippen molar-refractivity contribution in [2.24, 2.45) is 5.92 Å². The van der Waals surface area contributed by atoms with E-state index in [2.05, 4.69) is 0 Å². The second kappa shape index (κ2) is 5.58. The Bertz CT molecular complexity index is 663. The quantitative estimate of drug-likeness (QED) is 0.393. The molecule has 0 spiro atoms. The number of carbonyl (C=O) groups is 2. The summed E-state index contributed by atoms with van der Waals surface area (Å²) in [6.45, 7) is 0. The molecule has 0 radical (unpaired) electrons. The van der Waals surface area contributed by atoms with Crippen LogP contribution in [0.5, 0.6) is 0 Å². The number of ketones is 1. The number of hydrogen-bond donors (Lipinski definition) is 1. The molecule has 0 aromatic heterocycles.